The Hall–Kier alpha value is 0.130. The van der Waals surface area contributed by atoms with Crippen molar-refractivity contribution in [3.63, 3.8) is 0 Å². The lowest BCUT2D eigenvalue weighted by molar-refractivity contribution is 0.601. The quantitative estimate of drug-likeness (QED) is 0.878. The molecule has 2 atom stereocenters. The third-order valence-corrected chi connectivity index (χ3v) is 1.80. The summed E-state index contributed by atoms with van der Waals surface area (Å²) in [6.07, 6.45) is 3.49. The molecule has 0 fully saturated rings. The minimum Gasteiger partial charge on any atom is -0.348 e. The summed E-state index contributed by atoms with van der Waals surface area (Å²) in [6.45, 7) is 4.07. The summed E-state index contributed by atoms with van der Waals surface area (Å²) in [5, 5.41) is 0. The fourth-order valence-corrected chi connectivity index (χ4v) is 0.799. The van der Waals surface area contributed by atoms with Crippen molar-refractivity contribution in [2.45, 2.75) is 25.8 Å². The van der Waals surface area contributed by atoms with E-state index >= 15 is 0 Å². The molecule has 0 amide bonds. The summed E-state index contributed by atoms with van der Waals surface area (Å²) in [5.41, 5.74) is 6.79. The number of nitrogens with one attached hydrogen (secondary N) is 1. The van der Waals surface area contributed by atoms with E-state index < -0.39 is 0 Å². The average molecular weight is 301 g/mol. The van der Waals surface area contributed by atoms with E-state index in [1.807, 2.05) is 13.1 Å². The number of aromatic amines is 1. The first-order chi connectivity index (χ1) is 4.72. The van der Waals surface area contributed by atoms with E-state index in [2.05, 4.69) is 16.9 Å². The van der Waals surface area contributed by atoms with Gasteiger partial charge in [0.05, 0.1) is 6.33 Å². The van der Waals surface area contributed by atoms with Crippen LogP contribution in [0, 0.1) is 0 Å². The van der Waals surface area contributed by atoms with Gasteiger partial charge in [-0.15, -0.1) is 34.0 Å². The van der Waals surface area contributed by atoms with Gasteiger partial charge in [0.1, 0.15) is 0 Å². The van der Waals surface area contributed by atoms with Crippen LogP contribution in [0.5, 0.6) is 0 Å². The molecule has 0 aliphatic heterocycles. The highest BCUT2D eigenvalue weighted by Crippen LogP contribution is 2.13. The summed E-state index contributed by atoms with van der Waals surface area (Å²) in [5.74, 6) is 0.363. The zero-order valence-corrected chi connectivity index (χ0v) is 10.6. The van der Waals surface area contributed by atoms with Crippen molar-refractivity contribution in [3.05, 3.63) is 18.2 Å². The third-order valence-electron chi connectivity index (χ3n) is 1.80. The molecule has 0 bridgehead atoms. The van der Waals surface area contributed by atoms with Crippen LogP contribution >= 0.6 is 34.0 Å². The van der Waals surface area contributed by atoms with Gasteiger partial charge in [-0.3, -0.25) is 0 Å². The summed E-state index contributed by atoms with van der Waals surface area (Å²) >= 11 is 0. The fraction of sp³-hybridized carbons (Fsp3) is 0.571. The predicted molar refractivity (Wildman–Crippen MR) is 61.3 cm³/mol. The SMILES string of the molecule is Br.Br.C[C@H](N)[C@@H](C)c1cnc[nH]1. The second kappa shape index (κ2) is 6.62. The van der Waals surface area contributed by atoms with Gasteiger partial charge in [-0.1, -0.05) is 6.92 Å². The lowest BCUT2D eigenvalue weighted by Crippen LogP contribution is -2.22. The molecule has 0 spiro atoms. The number of halogens is 2. The zero-order valence-electron chi connectivity index (χ0n) is 7.15. The molecule has 0 aromatic carbocycles. The second-order valence-corrected chi connectivity index (χ2v) is 2.65. The first-order valence-electron chi connectivity index (χ1n) is 3.45. The first kappa shape index (κ1) is 14.6. The molecule has 12 heavy (non-hydrogen) atoms. The van der Waals surface area contributed by atoms with Crippen LogP contribution in [-0.4, -0.2) is 16.0 Å². The highest BCUT2D eigenvalue weighted by atomic mass is 79.9. The van der Waals surface area contributed by atoms with Gasteiger partial charge in [-0.2, -0.15) is 0 Å². The van der Waals surface area contributed by atoms with Gasteiger partial charge in [-0.25, -0.2) is 4.98 Å². The maximum atomic E-state index is 5.68. The van der Waals surface area contributed by atoms with E-state index in [1.54, 1.807) is 6.33 Å². The molecule has 0 aliphatic rings. The van der Waals surface area contributed by atoms with Crippen LogP contribution in [0.25, 0.3) is 0 Å². The molecule has 1 aromatic heterocycles. The molecule has 1 aromatic rings. The maximum absolute atomic E-state index is 5.68. The minimum atomic E-state index is 0. The predicted octanol–water partition coefficient (Wildman–Crippen LogP) is 2.02. The van der Waals surface area contributed by atoms with Crippen LogP contribution in [0.3, 0.4) is 0 Å². The Labute approximate surface area is 93.7 Å². The molecule has 1 rings (SSSR count). The number of H-pyrrole nitrogens is 1. The van der Waals surface area contributed by atoms with Crippen LogP contribution in [-0.2, 0) is 0 Å². The van der Waals surface area contributed by atoms with E-state index in [-0.39, 0.29) is 40.0 Å². The molecule has 0 saturated heterocycles. The number of imidazole rings is 1. The van der Waals surface area contributed by atoms with Gasteiger partial charge in [0.25, 0.3) is 0 Å². The number of aromatic nitrogens is 2. The van der Waals surface area contributed by atoms with Gasteiger partial charge in [0.2, 0.25) is 0 Å². The molecule has 3 N–H and O–H groups in total. The Morgan fingerprint density at radius 1 is 1.42 bits per heavy atom. The van der Waals surface area contributed by atoms with Crippen LogP contribution < -0.4 is 5.73 Å². The first-order valence-corrected chi connectivity index (χ1v) is 3.45. The normalized spacial score (nSPS) is 13.9. The maximum Gasteiger partial charge on any atom is 0.0921 e. The Balaban J connectivity index is 0. The van der Waals surface area contributed by atoms with E-state index in [0.29, 0.717) is 5.92 Å². The Kier molecular flexibility index (Phi) is 8.08. The van der Waals surface area contributed by atoms with Crippen LogP contribution in [0.2, 0.25) is 0 Å². The topological polar surface area (TPSA) is 54.7 Å². The molecule has 0 unspecified atom stereocenters. The molecule has 1 heterocycles. The second-order valence-electron chi connectivity index (χ2n) is 2.65. The smallest absolute Gasteiger partial charge is 0.0921 e. The van der Waals surface area contributed by atoms with Crippen molar-refractivity contribution in [3.8, 4) is 0 Å². The summed E-state index contributed by atoms with van der Waals surface area (Å²) < 4.78 is 0. The van der Waals surface area contributed by atoms with Crippen molar-refractivity contribution < 1.29 is 0 Å². The van der Waals surface area contributed by atoms with E-state index in [9.17, 15) is 0 Å². The third kappa shape index (κ3) is 3.69. The minimum absolute atomic E-state index is 0. The molecular weight excluding hydrogens is 286 g/mol. The van der Waals surface area contributed by atoms with E-state index in [0.717, 1.165) is 5.69 Å². The summed E-state index contributed by atoms with van der Waals surface area (Å²) in [7, 11) is 0. The molecular formula is C7H15Br2N3. The molecule has 0 saturated carbocycles. The van der Waals surface area contributed by atoms with Gasteiger partial charge in [-0.05, 0) is 6.92 Å². The Bertz CT molecular complexity index is 187. The Morgan fingerprint density at radius 2 is 2.00 bits per heavy atom. The fourth-order valence-electron chi connectivity index (χ4n) is 0.799. The molecule has 0 aliphatic carbocycles. The Morgan fingerprint density at radius 3 is 2.33 bits per heavy atom. The van der Waals surface area contributed by atoms with Crippen molar-refractivity contribution in [2.75, 3.05) is 0 Å². The van der Waals surface area contributed by atoms with Crippen LogP contribution in [0.1, 0.15) is 25.5 Å². The largest absolute Gasteiger partial charge is 0.348 e. The van der Waals surface area contributed by atoms with E-state index in [1.165, 1.54) is 0 Å². The van der Waals surface area contributed by atoms with Crippen molar-refractivity contribution in [1.29, 1.82) is 0 Å². The van der Waals surface area contributed by atoms with Crippen LogP contribution in [0.4, 0.5) is 0 Å². The molecule has 0 radical (unpaired) electrons. The summed E-state index contributed by atoms with van der Waals surface area (Å²) in [6, 6.07) is 0.181. The lowest BCUT2D eigenvalue weighted by atomic mass is 10.0. The molecule has 72 valence electrons. The zero-order chi connectivity index (χ0) is 7.56. The van der Waals surface area contributed by atoms with Crippen molar-refractivity contribution in [2.24, 2.45) is 5.73 Å². The van der Waals surface area contributed by atoms with Gasteiger partial charge in [0.15, 0.2) is 0 Å². The number of rotatable bonds is 2. The number of hydrogen-bond acceptors (Lipinski definition) is 2. The number of nitrogens with zero attached hydrogens (tertiary/aromatic N) is 1. The van der Waals surface area contributed by atoms with E-state index in [4.69, 9.17) is 5.73 Å². The van der Waals surface area contributed by atoms with Gasteiger partial charge < -0.3 is 10.7 Å². The number of hydrogen-bond donors (Lipinski definition) is 2. The van der Waals surface area contributed by atoms with Crippen molar-refractivity contribution >= 4 is 34.0 Å². The molecule has 5 heteroatoms. The standard InChI is InChI=1S/C7H13N3.2BrH/c1-5(6(2)8)7-3-9-4-10-7;;/h3-6H,8H2,1-2H3,(H,9,10);2*1H/t5-,6+;;/m1../s1. The van der Waals surface area contributed by atoms with Gasteiger partial charge >= 0.3 is 0 Å². The molecule has 3 nitrogen and oxygen atoms in total. The van der Waals surface area contributed by atoms with Crippen LogP contribution in [0.15, 0.2) is 12.5 Å². The van der Waals surface area contributed by atoms with Crippen molar-refractivity contribution in [1.82, 2.24) is 9.97 Å². The monoisotopic (exact) mass is 299 g/mol. The average Bonchev–Trinajstić information content (AvgIpc) is 2.36. The number of nitrogens with two attached hydrogens (primary N) is 1. The highest BCUT2D eigenvalue weighted by molar-refractivity contribution is 8.93. The van der Waals surface area contributed by atoms with Gasteiger partial charge in [0, 0.05) is 23.9 Å². The summed E-state index contributed by atoms with van der Waals surface area (Å²) in [4.78, 5) is 6.94. The lowest BCUT2D eigenvalue weighted by Gasteiger charge is -2.12. The highest BCUT2D eigenvalue weighted by Gasteiger charge is 2.10.